The molecule has 0 heterocycles. The molecule has 1 aromatic rings. The van der Waals surface area contributed by atoms with Crippen molar-refractivity contribution in [1.29, 1.82) is 0 Å². The predicted octanol–water partition coefficient (Wildman–Crippen LogP) is 1.57. The van der Waals surface area contributed by atoms with Crippen LogP contribution in [0, 0.1) is 0 Å². The van der Waals surface area contributed by atoms with E-state index in [4.69, 9.17) is 10.8 Å². The number of benzene rings is 1. The fraction of sp³-hybridized carbons (Fsp3) is 0.429. The van der Waals surface area contributed by atoms with Crippen molar-refractivity contribution >= 4 is 17.6 Å². The minimum Gasteiger partial charge on any atom is -0.481 e. The zero-order chi connectivity index (χ0) is 14.3. The second-order valence-electron chi connectivity index (χ2n) is 4.65. The molecule has 0 saturated heterocycles. The van der Waals surface area contributed by atoms with E-state index in [-0.39, 0.29) is 18.4 Å². The second-order valence-corrected chi connectivity index (χ2v) is 4.65. The zero-order valence-corrected chi connectivity index (χ0v) is 11.1. The van der Waals surface area contributed by atoms with Gasteiger partial charge in [0.05, 0.1) is 0 Å². The number of nitrogen functional groups attached to an aromatic ring is 1. The minimum absolute atomic E-state index is 0.0661. The van der Waals surface area contributed by atoms with Crippen LogP contribution in [0.2, 0.25) is 0 Å². The first-order valence-electron chi connectivity index (χ1n) is 6.33. The van der Waals surface area contributed by atoms with Gasteiger partial charge in [0, 0.05) is 24.6 Å². The number of amides is 1. The van der Waals surface area contributed by atoms with Gasteiger partial charge in [0.15, 0.2) is 0 Å². The number of carbonyl (C=O) groups is 2. The summed E-state index contributed by atoms with van der Waals surface area (Å²) in [7, 11) is 0. The Morgan fingerprint density at radius 1 is 1.37 bits per heavy atom. The molecule has 0 aliphatic carbocycles. The summed E-state index contributed by atoms with van der Waals surface area (Å²) in [6, 6.07) is 7.32. The largest absolute Gasteiger partial charge is 0.481 e. The van der Waals surface area contributed by atoms with Crippen molar-refractivity contribution < 1.29 is 14.7 Å². The number of aryl methyl sites for hydroxylation is 1. The van der Waals surface area contributed by atoms with Gasteiger partial charge in [-0.2, -0.15) is 0 Å². The van der Waals surface area contributed by atoms with E-state index in [2.05, 4.69) is 5.32 Å². The number of hydrogen-bond donors (Lipinski definition) is 3. The molecule has 0 fully saturated rings. The molecular formula is C14H20N2O3. The molecule has 1 amide bonds. The molecule has 0 bridgehead atoms. The first kappa shape index (κ1) is 15.0. The van der Waals surface area contributed by atoms with E-state index < -0.39 is 5.97 Å². The molecule has 0 aliphatic heterocycles. The third-order valence-corrected chi connectivity index (χ3v) is 2.79. The number of anilines is 1. The van der Waals surface area contributed by atoms with Gasteiger partial charge >= 0.3 is 5.97 Å². The minimum atomic E-state index is -0.846. The number of aliphatic carboxylic acids is 1. The number of carboxylic acids is 1. The fourth-order valence-corrected chi connectivity index (χ4v) is 1.77. The van der Waals surface area contributed by atoms with Crippen molar-refractivity contribution in [3.05, 3.63) is 29.8 Å². The molecule has 19 heavy (non-hydrogen) atoms. The van der Waals surface area contributed by atoms with Gasteiger partial charge in [-0.15, -0.1) is 0 Å². The monoisotopic (exact) mass is 264 g/mol. The summed E-state index contributed by atoms with van der Waals surface area (Å²) in [6.45, 7) is 1.81. The molecule has 0 aromatic heterocycles. The zero-order valence-electron chi connectivity index (χ0n) is 11.1. The van der Waals surface area contributed by atoms with Crippen LogP contribution in [0.5, 0.6) is 0 Å². The quantitative estimate of drug-likeness (QED) is 0.652. The lowest BCUT2D eigenvalue weighted by molar-refractivity contribution is -0.137. The van der Waals surface area contributed by atoms with Crippen molar-refractivity contribution in [2.45, 2.75) is 38.6 Å². The molecule has 1 unspecified atom stereocenters. The van der Waals surface area contributed by atoms with Gasteiger partial charge in [-0.1, -0.05) is 12.1 Å². The Hall–Kier alpha value is -2.04. The van der Waals surface area contributed by atoms with Crippen LogP contribution in [0.15, 0.2) is 24.3 Å². The summed E-state index contributed by atoms with van der Waals surface area (Å²) in [4.78, 5) is 22.1. The summed E-state index contributed by atoms with van der Waals surface area (Å²) in [5, 5.41) is 11.3. The van der Waals surface area contributed by atoms with Crippen LogP contribution in [0.25, 0.3) is 0 Å². The molecule has 1 atom stereocenters. The van der Waals surface area contributed by atoms with Crippen molar-refractivity contribution in [3.8, 4) is 0 Å². The molecule has 5 heteroatoms. The van der Waals surface area contributed by atoms with Gasteiger partial charge < -0.3 is 16.2 Å². The van der Waals surface area contributed by atoms with E-state index in [1.165, 1.54) is 0 Å². The molecule has 5 nitrogen and oxygen atoms in total. The summed E-state index contributed by atoms with van der Waals surface area (Å²) >= 11 is 0. The number of hydrogen-bond acceptors (Lipinski definition) is 3. The molecular weight excluding hydrogens is 244 g/mol. The van der Waals surface area contributed by atoms with Gasteiger partial charge in [-0.25, -0.2) is 0 Å². The summed E-state index contributed by atoms with van der Waals surface area (Å²) in [5.74, 6) is -0.916. The van der Waals surface area contributed by atoms with Crippen molar-refractivity contribution in [2.24, 2.45) is 0 Å². The van der Waals surface area contributed by atoms with Crippen LogP contribution in [0.3, 0.4) is 0 Å². The maximum atomic E-state index is 11.7. The third-order valence-electron chi connectivity index (χ3n) is 2.79. The summed E-state index contributed by atoms with van der Waals surface area (Å²) < 4.78 is 0. The topological polar surface area (TPSA) is 92.4 Å². The second kappa shape index (κ2) is 7.41. The van der Waals surface area contributed by atoms with Crippen LogP contribution >= 0.6 is 0 Å². The highest BCUT2D eigenvalue weighted by atomic mass is 16.4. The van der Waals surface area contributed by atoms with Crippen molar-refractivity contribution in [3.63, 3.8) is 0 Å². The Bertz CT molecular complexity index is 446. The lowest BCUT2D eigenvalue weighted by Gasteiger charge is -2.12. The first-order chi connectivity index (χ1) is 8.97. The van der Waals surface area contributed by atoms with Gasteiger partial charge in [0.25, 0.3) is 0 Å². The lowest BCUT2D eigenvalue weighted by atomic mass is 10.1. The number of carboxylic acid groups (broad SMARTS) is 1. The third kappa shape index (κ3) is 6.45. The van der Waals surface area contributed by atoms with Crippen LogP contribution in [0.1, 0.15) is 31.7 Å². The Morgan fingerprint density at radius 2 is 2.11 bits per heavy atom. The van der Waals surface area contributed by atoms with E-state index in [1.807, 2.05) is 18.2 Å². The average molecular weight is 264 g/mol. The van der Waals surface area contributed by atoms with Gasteiger partial charge in [-0.3, -0.25) is 9.59 Å². The maximum Gasteiger partial charge on any atom is 0.303 e. The van der Waals surface area contributed by atoms with Crippen LogP contribution in [-0.4, -0.2) is 23.0 Å². The number of nitrogens with one attached hydrogen (secondary N) is 1. The standard InChI is InChI=1S/C14H20N2O3/c1-10(5-8-14(18)19)16-13(17)7-6-11-3-2-4-12(15)9-11/h2-4,9-10H,5-8,15H2,1H3,(H,16,17)(H,18,19). The van der Waals surface area contributed by atoms with Gasteiger partial charge in [-0.05, 0) is 37.5 Å². The highest BCUT2D eigenvalue weighted by Gasteiger charge is 2.09. The number of carbonyl (C=O) groups excluding carboxylic acids is 1. The highest BCUT2D eigenvalue weighted by Crippen LogP contribution is 2.08. The van der Waals surface area contributed by atoms with Gasteiger partial charge in [0.2, 0.25) is 5.91 Å². The predicted molar refractivity (Wildman–Crippen MR) is 73.6 cm³/mol. The fourth-order valence-electron chi connectivity index (χ4n) is 1.77. The first-order valence-corrected chi connectivity index (χ1v) is 6.33. The van der Waals surface area contributed by atoms with Crippen LogP contribution in [-0.2, 0) is 16.0 Å². The van der Waals surface area contributed by atoms with Gasteiger partial charge in [0.1, 0.15) is 0 Å². The van der Waals surface area contributed by atoms with E-state index in [1.54, 1.807) is 13.0 Å². The highest BCUT2D eigenvalue weighted by molar-refractivity contribution is 5.76. The van der Waals surface area contributed by atoms with E-state index in [0.717, 1.165) is 5.56 Å². The lowest BCUT2D eigenvalue weighted by Crippen LogP contribution is -2.33. The number of rotatable bonds is 7. The van der Waals surface area contributed by atoms with E-state index >= 15 is 0 Å². The molecule has 104 valence electrons. The normalized spacial score (nSPS) is 11.8. The molecule has 0 saturated carbocycles. The summed E-state index contributed by atoms with van der Waals surface area (Å²) in [6.07, 6.45) is 1.51. The van der Waals surface area contributed by atoms with Crippen molar-refractivity contribution in [2.75, 3.05) is 5.73 Å². The van der Waals surface area contributed by atoms with Crippen LogP contribution in [0.4, 0.5) is 5.69 Å². The smallest absolute Gasteiger partial charge is 0.303 e. The van der Waals surface area contributed by atoms with E-state index in [9.17, 15) is 9.59 Å². The maximum absolute atomic E-state index is 11.7. The Kier molecular flexibility index (Phi) is 5.85. The summed E-state index contributed by atoms with van der Waals surface area (Å²) in [5.41, 5.74) is 7.37. The van der Waals surface area contributed by atoms with Crippen molar-refractivity contribution in [1.82, 2.24) is 5.32 Å². The molecule has 4 N–H and O–H groups in total. The molecule has 0 spiro atoms. The van der Waals surface area contributed by atoms with Crippen LogP contribution < -0.4 is 11.1 Å². The molecule has 0 aliphatic rings. The number of nitrogens with two attached hydrogens (primary N) is 1. The Balaban J connectivity index is 2.29. The average Bonchev–Trinajstić information content (AvgIpc) is 2.34. The molecule has 1 rings (SSSR count). The Morgan fingerprint density at radius 3 is 2.74 bits per heavy atom. The molecule has 1 aromatic carbocycles. The Labute approximate surface area is 112 Å². The molecule has 0 radical (unpaired) electrons. The SMILES string of the molecule is CC(CCC(=O)O)NC(=O)CCc1cccc(N)c1. The van der Waals surface area contributed by atoms with E-state index in [0.29, 0.717) is 24.9 Å².